The van der Waals surface area contributed by atoms with Gasteiger partial charge in [0.2, 0.25) is 0 Å². The molecule has 5 nitrogen and oxygen atoms in total. The van der Waals surface area contributed by atoms with Crippen molar-refractivity contribution in [2.45, 2.75) is 46.5 Å². The minimum absolute atomic E-state index is 0.201. The predicted molar refractivity (Wildman–Crippen MR) is 66.4 cm³/mol. The number of aromatic amines is 1. The van der Waals surface area contributed by atoms with Crippen LogP contribution in [0.25, 0.3) is 5.52 Å². The minimum atomic E-state index is -0.201. The number of nitrogens with one attached hydrogen (secondary N) is 1. The number of fused-ring (bicyclic) bond motifs is 1. The van der Waals surface area contributed by atoms with Crippen molar-refractivity contribution >= 4 is 5.52 Å². The van der Waals surface area contributed by atoms with Crippen LogP contribution < -0.4 is 5.69 Å². The van der Waals surface area contributed by atoms with Crippen LogP contribution in [0.5, 0.6) is 0 Å². The summed E-state index contributed by atoms with van der Waals surface area (Å²) in [4.78, 5) is 16.4. The Morgan fingerprint density at radius 3 is 2.71 bits per heavy atom. The largest absolute Gasteiger partial charge is 0.347 e. The van der Waals surface area contributed by atoms with Gasteiger partial charge in [0.25, 0.3) is 0 Å². The molecule has 5 heteroatoms. The van der Waals surface area contributed by atoms with Gasteiger partial charge in [-0.1, -0.05) is 20.8 Å². The number of rotatable bonds is 3. The van der Waals surface area contributed by atoms with Gasteiger partial charge in [-0.15, -0.1) is 0 Å². The summed E-state index contributed by atoms with van der Waals surface area (Å²) in [6.07, 6.45) is 1.74. The van der Waals surface area contributed by atoms with E-state index in [1.54, 1.807) is 4.40 Å². The molecule has 0 aliphatic rings. The zero-order valence-electron chi connectivity index (χ0n) is 10.7. The number of H-pyrrole nitrogens is 1. The van der Waals surface area contributed by atoms with Crippen LogP contribution in [0.3, 0.4) is 0 Å². The number of aryl methyl sites for hydroxylation is 2. The molecule has 0 saturated carbocycles. The fraction of sp³-hybridized carbons (Fsp3) is 0.583. The Balaban J connectivity index is 2.86. The number of nitrogens with zero attached hydrogens (tertiary/aromatic N) is 3. The van der Waals surface area contributed by atoms with E-state index in [4.69, 9.17) is 0 Å². The van der Waals surface area contributed by atoms with Crippen molar-refractivity contribution in [1.82, 2.24) is 19.6 Å². The van der Waals surface area contributed by atoms with Gasteiger partial charge in [0.15, 0.2) is 0 Å². The molecule has 2 heterocycles. The molecule has 0 saturated heterocycles. The maximum atomic E-state index is 11.9. The first-order chi connectivity index (χ1) is 8.10. The Labute approximate surface area is 99.9 Å². The van der Waals surface area contributed by atoms with Crippen molar-refractivity contribution in [3.8, 4) is 0 Å². The van der Waals surface area contributed by atoms with E-state index in [1.165, 1.54) is 0 Å². The Hall–Kier alpha value is -1.65. The molecule has 2 rings (SSSR count). The Bertz CT molecular complexity index is 596. The smallest absolute Gasteiger partial charge is 0.246 e. The molecular weight excluding hydrogens is 216 g/mol. The summed E-state index contributed by atoms with van der Waals surface area (Å²) in [6, 6.07) is 0. The second-order valence-electron chi connectivity index (χ2n) is 4.38. The monoisotopic (exact) mass is 234 g/mol. The lowest BCUT2D eigenvalue weighted by molar-refractivity contribution is 0.659. The number of hydrogen-bond donors (Lipinski definition) is 1. The first-order valence-electron chi connectivity index (χ1n) is 6.06. The fourth-order valence-electron chi connectivity index (χ4n) is 2.07. The third kappa shape index (κ3) is 1.75. The van der Waals surface area contributed by atoms with E-state index >= 15 is 0 Å². The van der Waals surface area contributed by atoms with Gasteiger partial charge in [-0.3, -0.25) is 0 Å². The second kappa shape index (κ2) is 4.31. The molecule has 0 amide bonds. The lowest BCUT2D eigenvalue weighted by atomic mass is 10.1. The predicted octanol–water partition coefficient (Wildman–Crippen LogP) is 1.80. The summed E-state index contributed by atoms with van der Waals surface area (Å²) < 4.78 is 1.68. The van der Waals surface area contributed by atoms with Gasteiger partial charge in [0, 0.05) is 5.92 Å². The van der Waals surface area contributed by atoms with Crippen molar-refractivity contribution in [3.63, 3.8) is 0 Å². The zero-order chi connectivity index (χ0) is 12.6. The summed E-state index contributed by atoms with van der Waals surface area (Å²) in [6.45, 7) is 8.13. The molecule has 0 aliphatic carbocycles. The number of imidazole rings is 1. The molecule has 2 aromatic rings. The van der Waals surface area contributed by atoms with E-state index in [-0.39, 0.29) is 11.6 Å². The molecule has 0 aromatic carbocycles. The van der Waals surface area contributed by atoms with Crippen molar-refractivity contribution in [3.05, 3.63) is 27.7 Å². The second-order valence-corrected chi connectivity index (χ2v) is 4.38. The normalized spacial score (nSPS) is 13.2. The molecule has 1 N–H and O–H groups in total. The zero-order valence-corrected chi connectivity index (χ0v) is 10.7. The van der Waals surface area contributed by atoms with Crippen molar-refractivity contribution in [2.24, 2.45) is 0 Å². The highest BCUT2D eigenvalue weighted by atomic mass is 16.1. The summed E-state index contributed by atoms with van der Waals surface area (Å²) in [5.74, 6) is 1.10. The third-order valence-electron chi connectivity index (χ3n) is 3.23. The van der Waals surface area contributed by atoms with Crippen LogP contribution in [0.4, 0.5) is 0 Å². The molecule has 2 aromatic heterocycles. The average Bonchev–Trinajstić information content (AvgIpc) is 2.68. The van der Waals surface area contributed by atoms with Gasteiger partial charge in [0.1, 0.15) is 5.82 Å². The molecule has 0 bridgehead atoms. The molecule has 0 aliphatic heterocycles. The molecule has 92 valence electrons. The lowest BCUT2D eigenvalue weighted by Gasteiger charge is -2.07. The standard InChI is InChI=1S/C12H18N4O/c1-5-7(3)11-13-8(4)10-9(6-2)14-15-12(17)16(10)11/h7H,5-6H2,1-4H3,(H,15,17). The SMILES string of the molecule is CCc1n[nH]c(=O)n2c(C(C)CC)nc(C)c12. The minimum Gasteiger partial charge on any atom is -0.246 e. The highest BCUT2D eigenvalue weighted by Gasteiger charge is 2.18. The van der Waals surface area contributed by atoms with Crippen molar-refractivity contribution < 1.29 is 0 Å². The summed E-state index contributed by atoms with van der Waals surface area (Å²) in [5, 5.41) is 6.63. The topological polar surface area (TPSA) is 63.0 Å². The van der Waals surface area contributed by atoms with Gasteiger partial charge < -0.3 is 0 Å². The number of aromatic nitrogens is 4. The Morgan fingerprint density at radius 1 is 1.41 bits per heavy atom. The molecule has 0 spiro atoms. The highest BCUT2D eigenvalue weighted by Crippen LogP contribution is 2.21. The summed E-state index contributed by atoms with van der Waals surface area (Å²) >= 11 is 0. The highest BCUT2D eigenvalue weighted by molar-refractivity contribution is 5.56. The van der Waals surface area contributed by atoms with Crippen LogP contribution in [0.2, 0.25) is 0 Å². The van der Waals surface area contributed by atoms with Crippen LogP contribution in [0.1, 0.15) is 50.3 Å². The lowest BCUT2D eigenvalue weighted by Crippen LogP contribution is -2.22. The van der Waals surface area contributed by atoms with Gasteiger partial charge in [-0.2, -0.15) is 5.10 Å². The van der Waals surface area contributed by atoms with E-state index in [1.807, 2.05) is 13.8 Å². The third-order valence-corrected chi connectivity index (χ3v) is 3.23. The first-order valence-corrected chi connectivity index (χ1v) is 6.06. The first kappa shape index (κ1) is 11.8. The average molecular weight is 234 g/mol. The van der Waals surface area contributed by atoms with E-state index in [0.717, 1.165) is 35.6 Å². The van der Waals surface area contributed by atoms with E-state index < -0.39 is 0 Å². The van der Waals surface area contributed by atoms with Crippen LogP contribution in [-0.4, -0.2) is 19.6 Å². The van der Waals surface area contributed by atoms with Crippen LogP contribution in [0, 0.1) is 6.92 Å². The van der Waals surface area contributed by atoms with Crippen molar-refractivity contribution in [2.75, 3.05) is 0 Å². The molecule has 0 radical (unpaired) electrons. The Morgan fingerprint density at radius 2 is 2.12 bits per heavy atom. The Kier molecular flexibility index (Phi) is 3.00. The quantitative estimate of drug-likeness (QED) is 0.880. The maximum absolute atomic E-state index is 11.9. The van der Waals surface area contributed by atoms with Gasteiger partial charge in [0.05, 0.1) is 16.9 Å². The van der Waals surface area contributed by atoms with E-state index in [9.17, 15) is 4.79 Å². The van der Waals surface area contributed by atoms with Gasteiger partial charge in [-0.05, 0) is 19.8 Å². The van der Waals surface area contributed by atoms with Gasteiger partial charge in [-0.25, -0.2) is 19.3 Å². The van der Waals surface area contributed by atoms with Crippen LogP contribution in [-0.2, 0) is 6.42 Å². The maximum Gasteiger partial charge on any atom is 0.347 e. The van der Waals surface area contributed by atoms with Crippen molar-refractivity contribution in [1.29, 1.82) is 0 Å². The molecular formula is C12H18N4O. The van der Waals surface area contributed by atoms with Gasteiger partial charge >= 0.3 is 5.69 Å². The van der Waals surface area contributed by atoms with E-state index in [2.05, 4.69) is 29.0 Å². The molecule has 1 atom stereocenters. The van der Waals surface area contributed by atoms with E-state index in [0.29, 0.717) is 0 Å². The van der Waals surface area contributed by atoms with Crippen LogP contribution in [0.15, 0.2) is 4.79 Å². The van der Waals surface area contributed by atoms with Crippen LogP contribution >= 0.6 is 0 Å². The number of hydrogen-bond acceptors (Lipinski definition) is 3. The summed E-state index contributed by atoms with van der Waals surface area (Å²) in [5.41, 5.74) is 2.44. The molecule has 17 heavy (non-hydrogen) atoms. The molecule has 1 unspecified atom stereocenters. The molecule has 0 fully saturated rings. The summed E-state index contributed by atoms with van der Waals surface area (Å²) in [7, 11) is 0. The fourth-order valence-corrected chi connectivity index (χ4v) is 2.07.